The Labute approximate surface area is 125 Å². The van der Waals surface area contributed by atoms with Crippen LogP contribution < -0.4 is 10.1 Å². The number of methoxy groups -OCH3 is 1. The van der Waals surface area contributed by atoms with Gasteiger partial charge in [-0.1, -0.05) is 18.2 Å². The zero-order valence-electron chi connectivity index (χ0n) is 12.3. The summed E-state index contributed by atoms with van der Waals surface area (Å²) in [6.45, 7) is 1.87. The van der Waals surface area contributed by atoms with Crippen LogP contribution in [0.3, 0.4) is 0 Å². The molecule has 1 aromatic carbocycles. The standard InChI is InChI=1S/C16H22N2OS/c1-18(2)12-16(17-11-15-5-4-10-20-15)13-6-8-14(19-3)9-7-13/h4-10,16-17H,11-12H2,1-3H3/t16-/m0/s1. The topological polar surface area (TPSA) is 24.5 Å². The number of nitrogens with one attached hydrogen (secondary N) is 1. The SMILES string of the molecule is COc1ccc([C@H](CN(C)C)NCc2cccs2)cc1. The van der Waals surface area contributed by atoms with Gasteiger partial charge in [-0.2, -0.15) is 0 Å². The smallest absolute Gasteiger partial charge is 0.118 e. The molecule has 0 saturated carbocycles. The lowest BCUT2D eigenvalue weighted by atomic mass is 10.1. The lowest BCUT2D eigenvalue weighted by Gasteiger charge is -2.23. The van der Waals surface area contributed by atoms with E-state index in [9.17, 15) is 0 Å². The van der Waals surface area contributed by atoms with E-state index < -0.39 is 0 Å². The van der Waals surface area contributed by atoms with E-state index in [1.165, 1.54) is 10.4 Å². The van der Waals surface area contributed by atoms with Crippen LogP contribution in [0, 0.1) is 0 Å². The summed E-state index contributed by atoms with van der Waals surface area (Å²) in [5, 5.41) is 5.75. The molecule has 0 radical (unpaired) electrons. The van der Waals surface area contributed by atoms with E-state index in [0.29, 0.717) is 6.04 Å². The second kappa shape index (κ2) is 7.43. The maximum absolute atomic E-state index is 5.22. The molecule has 2 aromatic rings. The molecule has 1 atom stereocenters. The van der Waals surface area contributed by atoms with Gasteiger partial charge in [-0.3, -0.25) is 0 Å². The Morgan fingerprint density at radius 3 is 2.50 bits per heavy atom. The van der Waals surface area contributed by atoms with Crippen LogP contribution in [-0.2, 0) is 6.54 Å². The zero-order valence-corrected chi connectivity index (χ0v) is 13.1. The predicted molar refractivity (Wildman–Crippen MR) is 85.4 cm³/mol. The number of thiophene rings is 1. The second-order valence-corrected chi connectivity index (χ2v) is 6.08. The highest BCUT2D eigenvalue weighted by Gasteiger charge is 2.12. The predicted octanol–water partition coefficient (Wildman–Crippen LogP) is 3.15. The van der Waals surface area contributed by atoms with Crippen LogP contribution in [0.25, 0.3) is 0 Å². The van der Waals surface area contributed by atoms with E-state index in [4.69, 9.17) is 4.74 Å². The van der Waals surface area contributed by atoms with Crippen LogP contribution in [0.15, 0.2) is 41.8 Å². The molecule has 1 aromatic heterocycles. The lowest BCUT2D eigenvalue weighted by molar-refractivity contribution is 0.341. The van der Waals surface area contributed by atoms with Crippen LogP contribution in [-0.4, -0.2) is 32.6 Å². The van der Waals surface area contributed by atoms with E-state index in [1.807, 2.05) is 12.1 Å². The number of benzene rings is 1. The summed E-state index contributed by atoms with van der Waals surface area (Å²) < 4.78 is 5.22. The molecule has 0 saturated heterocycles. The molecular formula is C16H22N2OS. The van der Waals surface area contributed by atoms with Gasteiger partial charge in [-0.15, -0.1) is 11.3 Å². The summed E-state index contributed by atoms with van der Waals surface area (Å²) in [4.78, 5) is 3.57. The lowest BCUT2D eigenvalue weighted by Crippen LogP contribution is -2.30. The van der Waals surface area contributed by atoms with Gasteiger partial charge in [0.1, 0.15) is 5.75 Å². The van der Waals surface area contributed by atoms with Crippen molar-refractivity contribution in [1.29, 1.82) is 0 Å². The first-order valence-electron chi connectivity index (χ1n) is 6.73. The Morgan fingerprint density at radius 2 is 1.95 bits per heavy atom. The summed E-state index contributed by atoms with van der Waals surface area (Å²) in [5.41, 5.74) is 1.29. The molecule has 20 heavy (non-hydrogen) atoms. The number of rotatable bonds is 7. The number of likely N-dealkylation sites (N-methyl/N-ethyl adjacent to an activating group) is 1. The Hall–Kier alpha value is -1.36. The minimum Gasteiger partial charge on any atom is -0.497 e. The molecule has 1 N–H and O–H groups in total. The number of hydrogen-bond donors (Lipinski definition) is 1. The van der Waals surface area contributed by atoms with Gasteiger partial charge in [-0.05, 0) is 43.2 Å². The highest BCUT2D eigenvalue weighted by Crippen LogP contribution is 2.19. The van der Waals surface area contributed by atoms with E-state index in [0.717, 1.165) is 18.8 Å². The first kappa shape index (κ1) is 15.0. The van der Waals surface area contributed by atoms with Gasteiger partial charge in [0.05, 0.1) is 7.11 Å². The summed E-state index contributed by atoms with van der Waals surface area (Å²) in [6.07, 6.45) is 0. The van der Waals surface area contributed by atoms with Crippen LogP contribution >= 0.6 is 11.3 Å². The third-order valence-corrected chi connectivity index (χ3v) is 4.05. The molecule has 3 nitrogen and oxygen atoms in total. The highest BCUT2D eigenvalue weighted by atomic mass is 32.1. The molecule has 0 spiro atoms. The summed E-state index contributed by atoms with van der Waals surface area (Å²) in [7, 11) is 5.90. The molecule has 0 fully saturated rings. The maximum Gasteiger partial charge on any atom is 0.118 e. The molecular weight excluding hydrogens is 268 g/mol. The molecule has 0 aliphatic heterocycles. The minimum atomic E-state index is 0.318. The van der Waals surface area contributed by atoms with Crippen molar-refractivity contribution in [1.82, 2.24) is 10.2 Å². The summed E-state index contributed by atoms with van der Waals surface area (Å²) in [5.74, 6) is 0.899. The molecule has 4 heteroatoms. The van der Waals surface area contributed by atoms with Crippen molar-refractivity contribution >= 4 is 11.3 Å². The monoisotopic (exact) mass is 290 g/mol. The van der Waals surface area contributed by atoms with Gasteiger partial charge >= 0.3 is 0 Å². The Balaban J connectivity index is 2.05. The average molecular weight is 290 g/mol. The summed E-state index contributed by atoms with van der Waals surface area (Å²) >= 11 is 1.79. The molecule has 0 aliphatic carbocycles. The third kappa shape index (κ3) is 4.34. The fourth-order valence-corrected chi connectivity index (χ4v) is 2.78. The normalized spacial score (nSPS) is 12.6. The Morgan fingerprint density at radius 1 is 1.20 bits per heavy atom. The van der Waals surface area contributed by atoms with E-state index in [1.54, 1.807) is 18.4 Å². The molecule has 108 valence electrons. The zero-order chi connectivity index (χ0) is 14.4. The first-order valence-corrected chi connectivity index (χ1v) is 7.61. The minimum absolute atomic E-state index is 0.318. The molecule has 0 amide bonds. The van der Waals surface area contributed by atoms with Crippen molar-refractivity contribution in [2.24, 2.45) is 0 Å². The third-order valence-electron chi connectivity index (χ3n) is 3.17. The van der Waals surface area contributed by atoms with Crippen molar-refractivity contribution in [2.75, 3.05) is 27.7 Å². The molecule has 2 rings (SSSR count). The van der Waals surface area contributed by atoms with Crippen LogP contribution in [0.5, 0.6) is 5.75 Å². The number of ether oxygens (including phenoxy) is 1. The Bertz CT molecular complexity index is 494. The van der Waals surface area contributed by atoms with Crippen LogP contribution in [0.1, 0.15) is 16.5 Å². The van der Waals surface area contributed by atoms with Gasteiger partial charge in [0.15, 0.2) is 0 Å². The highest BCUT2D eigenvalue weighted by molar-refractivity contribution is 7.09. The average Bonchev–Trinajstić information content (AvgIpc) is 2.96. The van der Waals surface area contributed by atoms with Gasteiger partial charge in [0.2, 0.25) is 0 Å². The van der Waals surface area contributed by atoms with E-state index >= 15 is 0 Å². The van der Waals surface area contributed by atoms with Crippen molar-refractivity contribution in [3.05, 3.63) is 52.2 Å². The van der Waals surface area contributed by atoms with Crippen molar-refractivity contribution < 1.29 is 4.74 Å². The van der Waals surface area contributed by atoms with Crippen LogP contribution in [0.2, 0.25) is 0 Å². The number of nitrogens with zero attached hydrogens (tertiary/aromatic N) is 1. The van der Waals surface area contributed by atoms with Gasteiger partial charge < -0.3 is 15.0 Å². The quantitative estimate of drug-likeness (QED) is 0.848. The van der Waals surface area contributed by atoms with Gasteiger partial charge in [-0.25, -0.2) is 0 Å². The molecule has 0 unspecified atom stereocenters. The van der Waals surface area contributed by atoms with E-state index in [2.05, 4.69) is 54.0 Å². The molecule has 0 bridgehead atoms. The van der Waals surface area contributed by atoms with Crippen molar-refractivity contribution in [2.45, 2.75) is 12.6 Å². The fourth-order valence-electron chi connectivity index (χ4n) is 2.13. The fraction of sp³-hybridized carbons (Fsp3) is 0.375. The maximum atomic E-state index is 5.22. The summed E-state index contributed by atoms with van der Waals surface area (Å²) in [6, 6.07) is 12.9. The first-order chi connectivity index (χ1) is 9.69. The Kier molecular flexibility index (Phi) is 5.59. The molecule has 1 heterocycles. The second-order valence-electron chi connectivity index (χ2n) is 5.05. The van der Waals surface area contributed by atoms with E-state index in [-0.39, 0.29) is 0 Å². The van der Waals surface area contributed by atoms with Gasteiger partial charge in [0, 0.05) is 24.0 Å². The number of hydrogen-bond acceptors (Lipinski definition) is 4. The molecule has 0 aliphatic rings. The van der Waals surface area contributed by atoms with Crippen molar-refractivity contribution in [3.8, 4) is 5.75 Å². The van der Waals surface area contributed by atoms with Gasteiger partial charge in [0.25, 0.3) is 0 Å². The van der Waals surface area contributed by atoms with Crippen LogP contribution in [0.4, 0.5) is 0 Å². The van der Waals surface area contributed by atoms with Crippen molar-refractivity contribution in [3.63, 3.8) is 0 Å². The largest absolute Gasteiger partial charge is 0.497 e.